The van der Waals surface area contributed by atoms with Crippen LogP contribution in [0.25, 0.3) is 0 Å². The zero-order valence-corrected chi connectivity index (χ0v) is 12.7. The second-order valence-corrected chi connectivity index (χ2v) is 6.87. The maximum Gasteiger partial charge on any atom is 0.0928 e. The molecular formula is C20H22O2. The van der Waals surface area contributed by atoms with Crippen molar-refractivity contribution in [3.63, 3.8) is 0 Å². The van der Waals surface area contributed by atoms with Crippen molar-refractivity contribution in [2.24, 2.45) is 11.8 Å². The van der Waals surface area contributed by atoms with Crippen LogP contribution in [0.15, 0.2) is 60.7 Å². The molecule has 2 nitrogen and oxygen atoms in total. The minimum atomic E-state index is -0.787. The molecular weight excluding hydrogens is 272 g/mol. The topological polar surface area (TPSA) is 40.5 Å². The molecule has 2 aromatic rings. The summed E-state index contributed by atoms with van der Waals surface area (Å²) in [6.45, 7) is 0. The van der Waals surface area contributed by atoms with E-state index in [0.717, 1.165) is 36.8 Å². The summed E-state index contributed by atoms with van der Waals surface area (Å²) in [5.41, 5.74) is 0.427. The molecule has 22 heavy (non-hydrogen) atoms. The Morgan fingerprint density at radius 1 is 0.636 bits per heavy atom. The second kappa shape index (κ2) is 4.94. The molecule has 2 heteroatoms. The zero-order chi connectivity index (χ0) is 15.2. The van der Waals surface area contributed by atoms with Crippen molar-refractivity contribution in [2.45, 2.75) is 36.9 Å². The van der Waals surface area contributed by atoms with Crippen LogP contribution in [0.4, 0.5) is 0 Å². The van der Waals surface area contributed by atoms with Gasteiger partial charge in [0.1, 0.15) is 0 Å². The number of rotatable bonds is 2. The van der Waals surface area contributed by atoms with Crippen LogP contribution in [0.5, 0.6) is 0 Å². The molecule has 0 aliphatic heterocycles. The Kier molecular flexibility index (Phi) is 3.14. The normalized spacial score (nSPS) is 37.2. The molecule has 0 amide bonds. The van der Waals surface area contributed by atoms with E-state index in [0.29, 0.717) is 0 Å². The van der Waals surface area contributed by atoms with E-state index in [4.69, 9.17) is 0 Å². The SMILES string of the molecule is O[C@@]1(c2ccccc2)CC[C@H]2[C@H]1CC[C@]2(O)c1ccccc1. The molecule has 4 atom stereocenters. The Morgan fingerprint density at radius 2 is 1.00 bits per heavy atom. The van der Waals surface area contributed by atoms with E-state index in [1.54, 1.807) is 0 Å². The fourth-order valence-corrected chi connectivity index (χ4v) is 4.84. The lowest BCUT2D eigenvalue weighted by Gasteiger charge is -2.33. The fraction of sp³-hybridized carbons (Fsp3) is 0.400. The zero-order valence-electron chi connectivity index (χ0n) is 12.7. The number of fused-ring (bicyclic) bond motifs is 1. The molecule has 0 radical (unpaired) electrons. The lowest BCUT2D eigenvalue weighted by atomic mass is 9.78. The van der Waals surface area contributed by atoms with Gasteiger partial charge in [-0.1, -0.05) is 60.7 Å². The van der Waals surface area contributed by atoms with Gasteiger partial charge in [0.05, 0.1) is 11.2 Å². The van der Waals surface area contributed by atoms with Gasteiger partial charge >= 0.3 is 0 Å². The highest BCUT2D eigenvalue weighted by molar-refractivity contribution is 5.31. The summed E-state index contributed by atoms with van der Waals surface area (Å²) in [7, 11) is 0. The van der Waals surface area contributed by atoms with Gasteiger partial charge < -0.3 is 10.2 Å². The maximum atomic E-state index is 11.3. The highest BCUT2D eigenvalue weighted by atomic mass is 16.3. The molecule has 0 unspecified atom stereocenters. The summed E-state index contributed by atoms with van der Waals surface area (Å²) in [6.07, 6.45) is 3.23. The van der Waals surface area contributed by atoms with Crippen LogP contribution in [-0.2, 0) is 11.2 Å². The van der Waals surface area contributed by atoms with Crippen molar-refractivity contribution in [3.05, 3.63) is 71.8 Å². The van der Waals surface area contributed by atoms with E-state index in [1.165, 1.54) is 0 Å². The van der Waals surface area contributed by atoms with Crippen LogP contribution < -0.4 is 0 Å². The molecule has 2 aliphatic rings. The third kappa shape index (κ3) is 1.87. The van der Waals surface area contributed by atoms with E-state index in [-0.39, 0.29) is 11.8 Å². The summed E-state index contributed by atoms with van der Waals surface area (Å²) in [4.78, 5) is 0. The van der Waals surface area contributed by atoms with Gasteiger partial charge in [-0.2, -0.15) is 0 Å². The molecule has 2 aliphatic carbocycles. The largest absolute Gasteiger partial charge is 0.385 e. The smallest absolute Gasteiger partial charge is 0.0928 e. The van der Waals surface area contributed by atoms with E-state index in [9.17, 15) is 10.2 Å². The standard InChI is InChI=1S/C20H22O2/c21-19(15-7-3-1-4-8-15)13-11-18-17(19)12-14-20(18,22)16-9-5-2-6-10-16/h1-10,17-18,21-22H,11-14H2/t17-,18+,19-,20+. The van der Waals surface area contributed by atoms with Crippen molar-refractivity contribution < 1.29 is 10.2 Å². The summed E-state index contributed by atoms with van der Waals surface area (Å²) < 4.78 is 0. The van der Waals surface area contributed by atoms with Gasteiger partial charge in [-0.25, -0.2) is 0 Å². The third-order valence-corrected chi connectivity index (χ3v) is 5.93. The molecule has 0 saturated heterocycles. The van der Waals surface area contributed by atoms with Gasteiger partial charge in [0.15, 0.2) is 0 Å². The average Bonchev–Trinajstić information content (AvgIpc) is 3.10. The predicted molar refractivity (Wildman–Crippen MR) is 86.1 cm³/mol. The van der Waals surface area contributed by atoms with E-state index >= 15 is 0 Å². The van der Waals surface area contributed by atoms with Crippen molar-refractivity contribution in [2.75, 3.05) is 0 Å². The average molecular weight is 294 g/mol. The molecule has 0 bridgehead atoms. The van der Waals surface area contributed by atoms with Crippen molar-refractivity contribution in [3.8, 4) is 0 Å². The number of hydrogen-bond donors (Lipinski definition) is 2. The molecule has 0 heterocycles. The van der Waals surface area contributed by atoms with E-state index in [1.807, 2.05) is 60.7 Å². The summed E-state index contributed by atoms with van der Waals surface area (Å²) in [5.74, 6) is 0.278. The third-order valence-electron chi connectivity index (χ3n) is 5.93. The highest BCUT2D eigenvalue weighted by Gasteiger charge is 2.59. The van der Waals surface area contributed by atoms with Gasteiger partial charge in [0, 0.05) is 0 Å². The van der Waals surface area contributed by atoms with Crippen LogP contribution in [0.1, 0.15) is 36.8 Å². The molecule has 4 rings (SSSR count). The van der Waals surface area contributed by atoms with Gasteiger partial charge in [-0.3, -0.25) is 0 Å². The number of aliphatic hydroxyl groups is 2. The molecule has 2 N–H and O–H groups in total. The van der Waals surface area contributed by atoms with Crippen LogP contribution in [-0.4, -0.2) is 10.2 Å². The van der Waals surface area contributed by atoms with Crippen LogP contribution >= 0.6 is 0 Å². The molecule has 2 fully saturated rings. The molecule has 0 aromatic heterocycles. The second-order valence-electron chi connectivity index (χ2n) is 6.87. The lowest BCUT2D eigenvalue weighted by molar-refractivity contribution is -0.0357. The van der Waals surface area contributed by atoms with E-state index in [2.05, 4.69) is 0 Å². The summed E-state index contributed by atoms with van der Waals surface area (Å²) in [5, 5.41) is 22.6. The van der Waals surface area contributed by atoms with Gasteiger partial charge in [-0.15, -0.1) is 0 Å². The molecule has 0 spiro atoms. The van der Waals surface area contributed by atoms with Crippen LogP contribution in [0.3, 0.4) is 0 Å². The Labute approximate surface area is 131 Å². The Balaban J connectivity index is 1.70. The number of hydrogen-bond acceptors (Lipinski definition) is 2. The Hall–Kier alpha value is -1.64. The first kappa shape index (κ1) is 14.0. The van der Waals surface area contributed by atoms with Crippen LogP contribution in [0.2, 0.25) is 0 Å². The fourth-order valence-electron chi connectivity index (χ4n) is 4.84. The Morgan fingerprint density at radius 3 is 1.36 bits per heavy atom. The van der Waals surface area contributed by atoms with Crippen molar-refractivity contribution in [1.82, 2.24) is 0 Å². The van der Waals surface area contributed by atoms with Gasteiger partial charge in [-0.05, 0) is 48.6 Å². The van der Waals surface area contributed by atoms with Crippen molar-refractivity contribution >= 4 is 0 Å². The maximum absolute atomic E-state index is 11.3. The quantitative estimate of drug-likeness (QED) is 0.888. The Bertz CT molecular complexity index is 594. The minimum absolute atomic E-state index is 0.139. The van der Waals surface area contributed by atoms with Crippen molar-refractivity contribution in [1.29, 1.82) is 0 Å². The van der Waals surface area contributed by atoms with Gasteiger partial charge in [0.25, 0.3) is 0 Å². The minimum Gasteiger partial charge on any atom is -0.385 e. The first-order valence-corrected chi connectivity index (χ1v) is 8.20. The summed E-state index contributed by atoms with van der Waals surface area (Å²) >= 11 is 0. The van der Waals surface area contributed by atoms with E-state index < -0.39 is 11.2 Å². The monoisotopic (exact) mass is 294 g/mol. The first-order valence-electron chi connectivity index (χ1n) is 8.20. The molecule has 114 valence electrons. The predicted octanol–water partition coefficient (Wildman–Crippen LogP) is 3.58. The number of benzene rings is 2. The van der Waals surface area contributed by atoms with Gasteiger partial charge in [0.2, 0.25) is 0 Å². The van der Waals surface area contributed by atoms with Crippen LogP contribution in [0, 0.1) is 11.8 Å². The molecule has 2 aromatic carbocycles. The first-order chi connectivity index (χ1) is 10.6. The molecule has 2 saturated carbocycles. The highest BCUT2D eigenvalue weighted by Crippen LogP contribution is 2.60. The summed E-state index contributed by atoms with van der Waals surface area (Å²) in [6, 6.07) is 20.0. The lowest BCUT2D eigenvalue weighted by Crippen LogP contribution is -2.35.